The molecule has 0 radical (unpaired) electrons. The molecule has 0 aliphatic carbocycles. The summed E-state index contributed by atoms with van der Waals surface area (Å²) in [4.78, 5) is 36.5. The fourth-order valence-electron chi connectivity index (χ4n) is 3.87. The van der Waals surface area contributed by atoms with Crippen molar-refractivity contribution in [3.8, 4) is 0 Å². The number of aliphatic hydroxyl groups excluding tert-OH is 1. The Morgan fingerprint density at radius 3 is 2.61 bits per heavy atom. The summed E-state index contributed by atoms with van der Waals surface area (Å²) in [7, 11) is 0. The van der Waals surface area contributed by atoms with E-state index in [2.05, 4.69) is 39.6 Å². The van der Waals surface area contributed by atoms with E-state index in [0.717, 1.165) is 6.42 Å². The Kier molecular flexibility index (Phi) is 7.63. The normalized spacial score (nSPS) is 19.3. The van der Waals surface area contributed by atoms with Crippen molar-refractivity contribution in [3.63, 3.8) is 0 Å². The van der Waals surface area contributed by atoms with Crippen LogP contribution in [0.1, 0.15) is 45.1 Å². The number of nitrogens with one attached hydrogen (secondary N) is 2. The highest BCUT2D eigenvalue weighted by Crippen LogP contribution is 2.20. The molecule has 3 rings (SSSR count). The third-order valence-corrected chi connectivity index (χ3v) is 5.40. The Morgan fingerprint density at radius 2 is 1.90 bits per heavy atom. The Hall–Kier alpha value is -2.93. The van der Waals surface area contributed by atoms with E-state index in [-0.39, 0.29) is 18.2 Å². The molecule has 2 aromatic carbocycles. The minimum atomic E-state index is -1.35. The number of carbonyl (C=O) groups is 3. The highest BCUT2D eigenvalue weighted by atomic mass is 16.6. The second-order valence-electron chi connectivity index (χ2n) is 8.44. The van der Waals surface area contributed by atoms with Crippen molar-refractivity contribution in [2.24, 2.45) is 5.92 Å². The fraction of sp³-hybridized carbons (Fsp3) is 0.458. The van der Waals surface area contributed by atoms with E-state index in [1.165, 1.54) is 16.3 Å². The van der Waals surface area contributed by atoms with Crippen LogP contribution in [0.25, 0.3) is 10.8 Å². The molecule has 1 aliphatic rings. The lowest BCUT2D eigenvalue weighted by Crippen LogP contribution is -2.51. The first-order chi connectivity index (χ1) is 14.8. The number of ether oxygens (including phenoxy) is 1. The molecular weight excluding hydrogens is 396 g/mol. The number of rotatable bonds is 9. The van der Waals surface area contributed by atoms with E-state index in [9.17, 15) is 19.5 Å². The van der Waals surface area contributed by atoms with Crippen LogP contribution in [0.5, 0.6) is 0 Å². The Labute approximate surface area is 182 Å². The molecule has 166 valence electrons. The molecule has 31 heavy (non-hydrogen) atoms. The van der Waals surface area contributed by atoms with Gasteiger partial charge < -0.3 is 20.5 Å². The Bertz CT molecular complexity index is 937. The van der Waals surface area contributed by atoms with Crippen LogP contribution in [0.15, 0.2) is 42.5 Å². The van der Waals surface area contributed by atoms with Gasteiger partial charge in [-0.3, -0.25) is 14.4 Å². The minimum Gasteiger partial charge on any atom is -0.434 e. The van der Waals surface area contributed by atoms with Crippen LogP contribution in [-0.4, -0.2) is 41.3 Å². The second kappa shape index (κ2) is 10.4. The van der Waals surface area contributed by atoms with Gasteiger partial charge in [0.1, 0.15) is 12.1 Å². The van der Waals surface area contributed by atoms with E-state index >= 15 is 0 Å². The van der Waals surface area contributed by atoms with Gasteiger partial charge in [0.15, 0.2) is 0 Å². The van der Waals surface area contributed by atoms with Crippen LogP contribution in [0.2, 0.25) is 0 Å². The van der Waals surface area contributed by atoms with E-state index in [0.29, 0.717) is 19.3 Å². The summed E-state index contributed by atoms with van der Waals surface area (Å²) in [6.07, 6.45) is 0.758. The molecule has 0 spiro atoms. The molecule has 2 aromatic rings. The molecule has 7 nitrogen and oxygen atoms in total. The number of hydrogen-bond acceptors (Lipinski definition) is 5. The lowest BCUT2D eigenvalue weighted by atomic mass is 9.99. The van der Waals surface area contributed by atoms with Crippen molar-refractivity contribution in [1.29, 1.82) is 0 Å². The van der Waals surface area contributed by atoms with Gasteiger partial charge in [0.05, 0.1) is 6.42 Å². The van der Waals surface area contributed by atoms with Crippen LogP contribution in [0, 0.1) is 5.92 Å². The first-order valence-electron chi connectivity index (χ1n) is 10.8. The van der Waals surface area contributed by atoms with Crippen molar-refractivity contribution < 1.29 is 24.2 Å². The molecule has 0 aromatic heterocycles. The molecule has 7 heteroatoms. The maximum atomic E-state index is 12.7. The molecule has 0 saturated carbocycles. The van der Waals surface area contributed by atoms with Crippen LogP contribution < -0.4 is 10.6 Å². The first-order valence-corrected chi connectivity index (χ1v) is 10.8. The van der Waals surface area contributed by atoms with E-state index in [4.69, 9.17) is 0 Å². The van der Waals surface area contributed by atoms with Gasteiger partial charge in [0, 0.05) is 6.42 Å². The monoisotopic (exact) mass is 426 g/mol. The molecule has 1 unspecified atom stereocenters. The first kappa shape index (κ1) is 22.7. The third kappa shape index (κ3) is 6.28. The smallest absolute Gasteiger partial charge is 0.310 e. The van der Waals surface area contributed by atoms with Crippen molar-refractivity contribution in [2.75, 3.05) is 0 Å². The van der Waals surface area contributed by atoms with Gasteiger partial charge in [-0.2, -0.15) is 0 Å². The summed E-state index contributed by atoms with van der Waals surface area (Å²) < 4.78 is 4.66. The number of aliphatic hydroxyl groups is 1. The Morgan fingerprint density at radius 1 is 1.16 bits per heavy atom. The predicted octanol–water partition coefficient (Wildman–Crippen LogP) is 2.44. The maximum Gasteiger partial charge on any atom is 0.310 e. The average molecular weight is 427 g/mol. The zero-order chi connectivity index (χ0) is 22.4. The summed E-state index contributed by atoms with van der Waals surface area (Å²) in [5.41, 5.74) is 1.20. The summed E-state index contributed by atoms with van der Waals surface area (Å²) >= 11 is 0. The van der Waals surface area contributed by atoms with Crippen LogP contribution in [0.4, 0.5) is 0 Å². The molecular formula is C24H30N2O5. The highest BCUT2D eigenvalue weighted by Gasteiger charge is 2.36. The van der Waals surface area contributed by atoms with Gasteiger partial charge in [-0.1, -0.05) is 56.3 Å². The standard InChI is InChI=1S/C24H30N2O5/c1-15(2)13-19(23(29)26-20-14-22(28)31-24(20)30)25-21(27)12-6-10-17-9-5-8-16-7-3-4-11-18(16)17/h3-5,7-9,11,15,19-20,24,30H,6,10,12-14H2,1-2H3,(H,25,27)(H,26,29)/t19-,20-,24?/m0/s1. The van der Waals surface area contributed by atoms with Crippen LogP contribution in [0.3, 0.4) is 0 Å². The van der Waals surface area contributed by atoms with Gasteiger partial charge in [-0.05, 0) is 41.5 Å². The molecule has 1 heterocycles. The van der Waals surface area contributed by atoms with Crippen LogP contribution >= 0.6 is 0 Å². The lowest BCUT2D eigenvalue weighted by Gasteiger charge is -2.22. The van der Waals surface area contributed by atoms with Gasteiger partial charge >= 0.3 is 5.97 Å². The highest BCUT2D eigenvalue weighted by molar-refractivity contribution is 5.88. The quantitative estimate of drug-likeness (QED) is 0.534. The van der Waals surface area contributed by atoms with Gasteiger partial charge in [-0.25, -0.2) is 0 Å². The van der Waals surface area contributed by atoms with Gasteiger partial charge in [0.25, 0.3) is 0 Å². The van der Waals surface area contributed by atoms with Crippen molar-refractivity contribution in [2.45, 2.75) is 64.3 Å². The third-order valence-electron chi connectivity index (χ3n) is 5.40. The molecule has 1 fully saturated rings. The SMILES string of the molecule is CC(C)C[C@H](NC(=O)CCCc1cccc2ccccc12)C(=O)N[C@H]1CC(=O)OC1O. The summed E-state index contributed by atoms with van der Waals surface area (Å²) in [6.45, 7) is 3.92. The number of esters is 1. The summed E-state index contributed by atoms with van der Waals surface area (Å²) in [5.74, 6) is -0.993. The number of benzene rings is 2. The number of fused-ring (bicyclic) bond motifs is 1. The van der Waals surface area contributed by atoms with E-state index in [1.54, 1.807) is 0 Å². The van der Waals surface area contributed by atoms with Gasteiger partial charge in [-0.15, -0.1) is 0 Å². The summed E-state index contributed by atoms with van der Waals surface area (Å²) in [6, 6.07) is 12.8. The van der Waals surface area contributed by atoms with Crippen LogP contribution in [-0.2, 0) is 25.5 Å². The molecule has 3 N–H and O–H groups in total. The van der Waals surface area contributed by atoms with E-state index < -0.39 is 30.3 Å². The molecule has 1 saturated heterocycles. The summed E-state index contributed by atoms with van der Waals surface area (Å²) in [5, 5.41) is 17.5. The average Bonchev–Trinajstić information content (AvgIpc) is 3.04. The molecule has 3 atom stereocenters. The van der Waals surface area contributed by atoms with E-state index in [1.807, 2.05) is 32.0 Å². The topological polar surface area (TPSA) is 105 Å². The lowest BCUT2D eigenvalue weighted by molar-refractivity contribution is -0.155. The second-order valence-corrected chi connectivity index (χ2v) is 8.44. The van der Waals surface area contributed by atoms with Crippen molar-refractivity contribution >= 4 is 28.6 Å². The zero-order valence-electron chi connectivity index (χ0n) is 18.0. The predicted molar refractivity (Wildman–Crippen MR) is 117 cm³/mol. The number of amides is 2. The Balaban J connectivity index is 1.54. The minimum absolute atomic E-state index is 0.0831. The molecule has 0 bridgehead atoms. The molecule has 1 aliphatic heterocycles. The van der Waals surface area contributed by atoms with Gasteiger partial charge in [0.2, 0.25) is 18.1 Å². The van der Waals surface area contributed by atoms with Crippen molar-refractivity contribution in [3.05, 3.63) is 48.0 Å². The fourth-order valence-corrected chi connectivity index (χ4v) is 3.87. The number of aryl methyl sites for hydroxylation is 1. The maximum absolute atomic E-state index is 12.7. The zero-order valence-corrected chi connectivity index (χ0v) is 18.0. The van der Waals surface area contributed by atoms with Crippen molar-refractivity contribution in [1.82, 2.24) is 10.6 Å². The number of hydrogen-bond donors (Lipinski definition) is 3. The molecule has 2 amide bonds. The largest absolute Gasteiger partial charge is 0.434 e. The number of carbonyl (C=O) groups excluding carboxylic acids is 3. The number of cyclic esters (lactones) is 1.